The van der Waals surface area contributed by atoms with E-state index in [-0.39, 0.29) is 5.91 Å². The molecular formula is C8H8N2O. The maximum atomic E-state index is 10.9. The van der Waals surface area contributed by atoms with Crippen molar-refractivity contribution in [2.45, 2.75) is 6.42 Å². The van der Waals surface area contributed by atoms with Gasteiger partial charge in [-0.3, -0.25) is 9.78 Å². The Labute approximate surface area is 64.7 Å². The van der Waals surface area contributed by atoms with Gasteiger partial charge in [0.15, 0.2) is 0 Å². The lowest BCUT2D eigenvalue weighted by Gasteiger charge is -2.30. The van der Waals surface area contributed by atoms with Crippen molar-refractivity contribution in [3.05, 3.63) is 24.5 Å². The lowest BCUT2D eigenvalue weighted by Crippen LogP contribution is -2.43. The second kappa shape index (κ2) is 2.34. The van der Waals surface area contributed by atoms with Crippen LogP contribution in [0.15, 0.2) is 24.5 Å². The summed E-state index contributed by atoms with van der Waals surface area (Å²) in [4.78, 5) is 16.6. The van der Waals surface area contributed by atoms with Crippen LogP contribution in [0.5, 0.6) is 0 Å². The number of hydrogen-bond acceptors (Lipinski definition) is 2. The summed E-state index contributed by atoms with van der Waals surface area (Å²) in [5, 5.41) is 0. The van der Waals surface area contributed by atoms with Crippen LogP contribution >= 0.6 is 0 Å². The van der Waals surface area contributed by atoms with Crippen molar-refractivity contribution in [1.82, 2.24) is 4.98 Å². The third kappa shape index (κ3) is 0.981. The van der Waals surface area contributed by atoms with E-state index in [9.17, 15) is 4.79 Å². The van der Waals surface area contributed by atoms with Gasteiger partial charge in [-0.05, 0) is 12.1 Å². The van der Waals surface area contributed by atoms with Gasteiger partial charge in [0.2, 0.25) is 5.91 Å². The first kappa shape index (κ1) is 6.34. The predicted octanol–water partition coefficient (Wildman–Crippen LogP) is 0.818. The predicted molar refractivity (Wildman–Crippen MR) is 41.2 cm³/mol. The average Bonchev–Trinajstić information content (AvgIpc) is 2.04. The maximum Gasteiger partial charge on any atom is 0.228 e. The molecule has 0 unspecified atom stereocenters. The molecule has 1 fully saturated rings. The first-order valence-corrected chi connectivity index (χ1v) is 3.58. The molecule has 1 aliphatic rings. The number of carbonyl (C=O) groups excluding carboxylic acids is 1. The molecule has 11 heavy (non-hydrogen) atoms. The summed E-state index contributed by atoms with van der Waals surface area (Å²) < 4.78 is 0. The molecule has 0 atom stereocenters. The van der Waals surface area contributed by atoms with E-state index in [1.165, 1.54) is 0 Å². The summed E-state index contributed by atoms with van der Waals surface area (Å²) >= 11 is 0. The molecule has 1 amide bonds. The third-order valence-corrected chi connectivity index (χ3v) is 1.82. The number of aromatic nitrogens is 1. The van der Waals surface area contributed by atoms with E-state index in [1.54, 1.807) is 17.3 Å². The molecular weight excluding hydrogens is 140 g/mol. The van der Waals surface area contributed by atoms with Crippen LogP contribution < -0.4 is 4.90 Å². The number of rotatable bonds is 1. The van der Waals surface area contributed by atoms with E-state index in [4.69, 9.17) is 0 Å². The molecule has 1 aromatic rings. The molecule has 0 spiro atoms. The number of anilines is 1. The standard InChI is InChI=1S/C8H8N2O/c11-8-3-6-10(8)7-1-4-9-5-2-7/h1-2,4-5H,3,6H2. The summed E-state index contributed by atoms with van der Waals surface area (Å²) in [5.41, 5.74) is 0.955. The van der Waals surface area contributed by atoms with Crippen LogP contribution in [-0.4, -0.2) is 17.4 Å². The minimum Gasteiger partial charge on any atom is -0.312 e. The molecule has 2 heterocycles. The summed E-state index contributed by atoms with van der Waals surface area (Å²) in [7, 11) is 0. The summed E-state index contributed by atoms with van der Waals surface area (Å²) in [6, 6.07) is 3.69. The first-order valence-electron chi connectivity index (χ1n) is 3.58. The molecule has 0 aliphatic carbocycles. The highest BCUT2D eigenvalue weighted by molar-refractivity contribution is 5.99. The second-order valence-corrected chi connectivity index (χ2v) is 2.50. The Balaban J connectivity index is 2.23. The van der Waals surface area contributed by atoms with Crippen molar-refractivity contribution < 1.29 is 4.79 Å². The molecule has 2 rings (SSSR count). The third-order valence-electron chi connectivity index (χ3n) is 1.82. The van der Waals surface area contributed by atoms with Gasteiger partial charge in [-0.1, -0.05) is 0 Å². The lowest BCUT2D eigenvalue weighted by molar-refractivity contribution is -0.122. The molecule has 0 saturated carbocycles. The Morgan fingerprint density at radius 1 is 1.36 bits per heavy atom. The van der Waals surface area contributed by atoms with E-state index in [1.807, 2.05) is 12.1 Å². The fraction of sp³-hybridized carbons (Fsp3) is 0.250. The Morgan fingerprint density at radius 3 is 2.55 bits per heavy atom. The molecule has 0 aromatic carbocycles. The van der Waals surface area contributed by atoms with E-state index in [0.717, 1.165) is 12.2 Å². The minimum atomic E-state index is 0.205. The van der Waals surface area contributed by atoms with Gasteiger partial charge in [0.05, 0.1) is 0 Å². The Bertz CT molecular complexity index is 271. The zero-order valence-corrected chi connectivity index (χ0v) is 6.03. The average molecular weight is 148 g/mol. The lowest BCUT2D eigenvalue weighted by atomic mass is 10.2. The number of amides is 1. The molecule has 3 heteroatoms. The zero-order valence-electron chi connectivity index (χ0n) is 6.03. The largest absolute Gasteiger partial charge is 0.312 e. The van der Waals surface area contributed by atoms with E-state index < -0.39 is 0 Å². The molecule has 1 aliphatic heterocycles. The summed E-state index contributed by atoms with van der Waals surface area (Å²) in [5.74, 6) is 0.205. The van der Waals surface area contributed by atoms with Crippen molar-refractivity contribution >= 4 is 11.6 Å². The summed E-state index contributed by atoms with van der Waals surface area (Å²) in [6.45, 7) is 0.850. The highest BCUT2D eigenvalue weighted by atomic mass is 16.2. The number of pyridine rings is 1. The Hall–Kier alpha value is -1.38. The van der Waals surface area contributed by atoms with Gasteiger partial charge in [-0.25, -0.2) is 0 Å². The number of hydrogen-bond donors (Lipinski definition) is 0. The van der Waals surface area contributed by atoms with Crippen LogP contribution in [0.3, 0.4) is 0 Å². The van der Waals surface area contributed by atoms with Crippen LogP contribution in [0, 0.1) is 0 Å². The fourth-order valence-corrected chi connectivity index (χ4v) is 1.11. The highest BCUT2D eigenvalue weighted by Gasteiger charge is 2.24. The Morgan fingerprint density at radius 2 is 2.09 bits per heavy atom. The molecule has 56 valence electrons. The van der Waals surface area contributed by atoms with E-state index in [2.05, 4.69) is 4.98 Å². The van der Waals surface area contributed by atoms with Crippen molar-refractivity contribution in [3.63, 3.8) is 0 Å². The molecule has 0 radical (unpaired) electrons. The summed E-state index contributed by atoms with van der Waals surface area (Å²) in [6.07, 6.45) is 4.07. The first-order chi connectivity index (χ1) is 5.38. The molecule has 1 saturated heterocycles. The van der Waals surface area contributed by atoms with Gasteiger partial charge in [-0.2, -0.15) is 0 Å². The van der Waals surface area contributed by atoms with Crippen LogP contribution in [0.2, 0.25) is 0 Å². The molecule has 0 N–H and O–H groups in total. The van der Waals surface area contributed by atoms with Crippen molar-refractivity contribution in [3.8, 4) is 0 Å². The van der Waals surface area contributed by atoms with Crippen LogP contribution in [0.4, 0.5) is 5.69 Å². The number of carbonyl (C=O) groups is 1. The van der Waals surface area contributed by atoms with Crippen LogP contribution in [0.25, 0.3) is 0 Å². The monoisotopic (exact) mass is 148 g/mol. The smallest absolute Gasteiger partial charge is 0.228 e. The highest BCUT2D eigenvalue weighted by Crippen LogP contribution is 2.19. The molecule has 3 nitrogen and oxygen atoms in total. The molecule has 0 bridgehead atoms. The topological polar surface area (TPSA) is 33.2 Å². The van der Waals surface area contributed by atoms with Gasteiger partial charge >= 0.3 is 0 Å². The molecule has 1 aromatic heterocycles. The normalized spacial score (nSPS) is 16.4. The quantitative estimate of drug-likeness (QED) is 0.552. The van der Waals surface area contributed by atoms with Gasteiger partial charge in [0, 0.05) is 31.0 Å². The number of nitrogens with zero attached hydrogens (tertiary/aromatic N) is 2. The van der Waals surface area contributed by atoms with Gasteiger partial charge in [-0.15, -0.1) is 0 Å². The number of β-lactam (4-membered cyclic amide) rings is 1. The van der Waals surface area contributed by atoms with Crippen LogP contribution in [-0.2, 0) is 4.79 Å². The minimum absolute atomic E-state index is 0.205. The van der Waals surface area contributed by atoms with Gasteiger partial charge in [0.25, 0.3) is 0 Å². The maximum absolute atomic E-state index is 10.9. The van der Waals surface area contributed by atoms with E-state index >= 15 is 0 Å². The van der Waals surface area contributed by atoms with Gasteiger partial charge in [0.1, 0.15) is 0 Å². The van der Waals surface area contributed by atoms with Gasteiger partial charge < -0.3 is 4.90 Å². The zero-order chi connectivity index (χ0) is 7.68. The van der Waals surface area contributed by atoms with Crippen molar-refractivity contribution in [2.75, 3.05) is 11.4 Å². The van der Waals surface area contributed by atoms with Crippen LogP contribution in [0.1, 0.15) is 6.42 Å². The van der Waals surface area contributed by atoms with Crippen molar-refractivity contribution in [1.29, 1.82) is 0 Å². The Kier molecular flexibility index (Phi) is 1.35. The SMILES string of the molecule is O=C1CCN1c1ccncc1. The van der Waals surface area contributed by atoms with Crippen molar-refractivity contribution in [2.24, 2.45) is 0 Å². The van der Waals surface area contributed by atoms with E-state index in [0.29, 0.717) is 6.42 Å². The second-order valence-electron chi connectivity index (χ2n) is 2.50. The fourth-order valence-electron chi connectivity index (χ4n) is 1.11.